The van der Waals surface area contributed by atoms with Gasteiger partial charge in [0.1, 0.15) is 0 Å². The third kappa shape index (κ3) is 7.53. The molecule has 0 atom stereocenters. The van der Waals surface area contributed by atoms with E-state index in [9.17, 15) is 9.90 Å². The Bertz CT molecular complexity index is 258. The van der Waals surface area contributed by atoms with Crippen LogP contribution in [0.2, 0.25) is 0 Å². The first-order valence-electron chi connectivity index (χ1n) is 7.59. The second-order valence-electron chi connectivity index (χ2n) is 6.13. The van der Waals surface area contributed by atoms with Crippen LogP contribution in [-0.2, 0) is 9.53 Å². The topological polar surface area (TPSA) is 58.6 Å². The summed E-state index contributed by atoms with van der Waals surface area (Å²) in [5.74, 6) is 0.469. The van der Waals surface area contributed by atoms with Crippen LogP contribution in [0, 0.1) is 5.92 Å². The number of ether oxygens (including phenoxy) is 1. The average molecular weight is 271 g/mol. The Balaban J connectivity index is 2.14. The summed E-state index contributed by atoms with van der Waals surface area (Å²) in [4.78, 5) is 11.7. The van der Waals surface area contributed by atoms with Gasteiger partial charge in [0, 0.05) is 19.6 Å². The van der Waals surface area contributed by atoms with Crippen LogP contribution in [0.1, 0.15) is 58.8 Å². The molecule has 112 valence electrons. The molecular weight excluding hydrogens is 242 g/mol. The molecule has 4 heteroatoms. The summed E-state index contributed by atoms with van der Waals surface area (Å²) in [6, 6.07) is 0. The predicted octanol–water partition coefficient (Wildman–Crippen LogP) is 2.25. The van der Waals surface area contributed by atoms with Gasteiger partial charge in [0.2, 0.25) is 5.91 Å². The fourth-order valence-corrected chi connectivity index (χ4v) is 2.40. The number of hydrogen-bond acceptors (Lipinski definition) is 3. The Morgan fingerprint density at radius 3 is 2.47 bits per heavy atom. The van der Waals surface area contributed by atoms with Gasteiger partial charge in [-0.3, -0.25) is 4.79 Å². The fraction of sp³-hybridized carbons (Fsp3) is 0.933. The molecule has 19 heavy (non-hydrogen) atoms. The lowest BCUT2D eigenvalue weighted by Crippen LogP contribution is -2.42. The Morgan fingerprint density at radius 1 is 1.26 bits per heavy atom. The van der Waals surface area contributed by atoms with Gasteiger partial charge in [0.05, 0.1) is 12.2 Å². The van der Waals surface area contributed by atoms with Crippen molar-refractivity contribution in [3.63, 3.8) is 0 Å². The van der Waals surface area contributed by atoms with Crippen molar-refractivity contribution in [1.82, 2.24) is 5.32 Å². The van der Waals surface area contributed by atoms with Crippen molar-refractivity contribution >= 4 is 5.91 Å². The molecule has 0 aliphatic heterocycles. The quantitative estimate of drug-likeness (QED) is 0.551. The van der Waals surface area contributed by atoms with E-state index in [4.69, 9.17) is 4.74 Å². The summed E-state index contributed by atoms with van der Waals surface area (Å²) in [5.41, 5.74) is -0.690. The fourth-order valence-electron chi connectivity index (χ4n) is 2.40. The molecule has 1 aliphatic rings. The number of aliphatic hydroxyl groups is 1. The lowest BCUT2D eigenvalue weighted by Gasteiger charge is -2.26. The Hall–Kier alpha value is -0.610. The highest BCUT2D eigenvalue weighted by Crippen LogP contribution is 2.26. The lowest BCUT2D eigenvalue weighted by molar-refractivity contribution is -0.123. The summed E-state index contributed by atoms with van der Waals surface area (Å²) in [6.45, 7) is 5.71. The zero-order valence-electron chi connectivity index (χ0n) is 12.4. The van der Waals surface area contributed by atoms with E-state index in [0.29, 0.717) is 32.1 Å². The third-order valence-corrected chi connectivity index (χ3v) is 3.57. The average Bonchev–Trinajstić information content (AvgIpc) is 2.58. The summed E-state index contributed by atoms with van der Waals surface area (Å²) in [6.07, 6.45) is 6.49. The normalized spacial score (nSPS) is 19.2. The summed E-state index contributed by atoms with van der Waals surface area (Å²) in [7, 11) is 0. The highest BCUT2D eigenvalue weighted by molar-refractivity contribution is 5.76. The van der Waals surface area contributed by atoms with E-state index >= 15 is 0 Å². The maximum Gasteiger partial charge on any atom is 0.222 e. The molecule has 0 aromatic heterocycles. The Kier molecular flexibility index (Phi) is 7.39. The minimum atomic E-state index is -0.690. The molecule has 1 aliphatic carbocycles. The predicted molar refractivity (Wildman–Crippen MR) is 75.9 cm³/mol. The van der Waals surface area contributed by atoms with E-state index in [-0.39, 0.29) is 5.91 Å². The van der Waals surface area contributed by atoms with E-state index in [2.05, 4.69) is 19.2 Å². The molecule has 0 unspecified atom stereocenters. The number of hydrogen-bond donors (Lipinski definition) is 2. The molecule has 1 saturated carbocycles. The van der Waals surface area contributed by atoms with Crippen LogP contribution < -0.4 is 5.32 Å². The van der Waals surface area contributed by atoms with E-state index in [1.165, 1.54) is 12.8 Å². The monoisotopic (exact) mass is 271 g/mol. The van der Waals surface area contributed by atoms with Crippen molar-refractivity contribution in [3.8, 4) is 0 Å². The molecule has 0 heterocycles. The van der Waals surface area contributed by atoms with Gasteiger partial charge in [-0.2, -0.15) is 0 Å². The van der Waals surface area contributed by atoms with Gasteiger partial charge in [-0.1, -0.05) is 39.5 Å². The van der Waals surface area contributed by atoms with Gasteiger partial charge in [0.25, 0.3) is 0 Å². The van der Waals surface area contributed by atoms with E-state index < -0.39 is 5.60 Å². The molecular formula is C15H29NO3. The van der Waals surface area contributed by atoms with Crippen molar-refractivity contribution in [3.05, 3.63) is 0 Å². The molecule has 4 nitrogen and oxygen atoms in total. The minimum absolute atomic E-state index is 0.0265. The molecule has 0 bridgehead atoms. The van der Waals surface area contributed by atoms with Crippen molar-refractivity contribution in [2.45, 2.75) is 64.4 Å². The molecule has 0 aromatic rings. The zero-order valence-corrected chi connectivity index (χ0v) is 12.4. The molecule has 1 amide bonds. The smallest absolute Gasteiger partial charge is 0.222 e. The first-order chi connectivity index (χ1) is 9.02. The van der Waals surface area contributed by atoms with Gasteiger partial charge < -0.3 is 15.2 Å². The van der Waals surface area contributed by atoms with E-state index in [1.807, 2.05) is 0 Å². The lowest BCUT2D eigenvalue weighted by atomic mass is 9.94. The number of rotatable bonds is 7. The molecule has 1 rings (SSSR count). The van der Waals surface area contributed by atoms with Crippen molar-refractivity contribution in [1.29, 1.82) is 0 Å². The standard InChI is InChI=1S/C15H29NO3/c1-13(2)11-19-10-7-14(17)16-12-15(18)8-5-3-4-6-9-15/h13,18H,3-12H2,1-2H3,(H,16,17). The van der Waals surface area contributed by atoms with Crippen LogP contribution in [0.25, 0.3) is 0 Å². The van der Waals surface area contributed by atoms with Gasteiger partial charge in [0.15, 0.2) is 0 Å². The van der Waals surface area contributed by atoms with Crippen LogP contribution in [-0.4, -0.2) is 36.4 Å². The number of amides is 1. The van der Waals surface area contributed by atoms with Gasteiger partial charge in [-0.25, -0.2) is 0 Å². The van der Waals surface area contributed by atoms with Crippen molar-refractivity contribution in [2.24, 2.45) is 5.92 Å². The third-order valence-electron chi connectivity index (χ3n) is 3.57. The maximum absolute atomic E-state index is 11.7. The number of carbonyl (C=O) groups excluding carboxylic acids is 1. The molecule has 0 saturated heterocycles. The minimum Gasteiger partial charge on any atom is -0.388 e. The SMILES string of the molecule is CC(C)COCCC(=O)NCC1(O)CCCCCC1. The van der Waals surface area contributed by atoms with Gasteiger partial charge in [-0.05, 0) is 18.8 Å². The molecule has 2 N–H and O–H groups in total. The zero-order chi connectivity index (χ0) is 14.1. The largest absolute Gasteiger partial charge is 0.388 e. The summed E-state index contributed by atoms with van der Waals surface area (Å²) >= 11 is 0. The van der Waals surface area contributed by atoms with E-state index in [0.717, 1.165) is 25.7 Å². The van der Waals surface area contributed by atoms with Crippen molar-refractivity contribution < 1.29 is 14.6 Å². The molecule has 0 aromatic carbocycles. The first kappa shape index (κ1) is 16.4. The van der Waals surface area contributed by atoms with E-state index in [1.54, 1.807) is 0 Å². The Labute approximate surface area is 116 Å². The van der Waals surface area contributed by atoms with Crippen molar-refractivity contribution in [2.75, 3.05) is 19.8 Å². The van der Waals surface area contributed by atoms with Crippen LogP contribution >= 0.6 is 0 Å². The van der Waals surface area contributed by atoms with Crippen LogP contribution in [0.5, 0.6) is 0 Å². The highest BCUT2D eigenvalue weighted by Gasteiger charge is 2.28. The second kappa shape index (κ2) is 8.54. The number of nitrogens with one attached hydrogen (secondary N) is 1. The first-order valence-corrected chi connectivity index (χ1v) is 7.59. The van der Waals surface area contributed by atoms with Crippen LogP contribution in [0.15, 0.2) is 0 Å². The van der Waals surface area contributed by atoms with Gasteiger partial charge >= 0.3 is 0 Å². The maximum atomic E-state index is 11.7. The number of carbonyl (C=O) groups is 1. The molecule has 1 fully saturated rings. The highest BCUT2D eigenvalue weighted by atomic mass is 16.5. The van der Waals surface area contributed by atoms with Gasteiger partial charge in [-0.15, -0.1) is 0 Å². The summed E-state index contributed by atoms with van der Waals surface area (Å²) in [5, 5.41) is 13.2. The molecule has 0 spiro atoms. The van der Waals surface area contributed by atoms with Crippen LogP contribution in [0.4, 0.5) is 0 Å². The van der Waals surface area contributed by atoms with Crippen LogP contribution in [0.3, 0.4) is 0 Å². The summed E-state index contributed by atoms with van der Waals surface area (Å²) < 4.78 is 5.38. The second-order valence-corrected chi connectivity index (χ2v) is 6.13. The Morgan fingerprint density at radius 2 is 1.89 bits per heavy atom. The molecule has 0 radical (unpaired) electrons.